The Morgan fingerprint density at radius 1 is 1.44 bits per heavy atom. The molecule has 2 aliphatic rings. The number of nitriles is 1. The first-order valence-corrected chi connectivity index (χ1v) is 6.63. The van der Waals surface area contributed by atoms with Gasteiger partial charge in [0, 0.05) is 18.4 Å². The second kappa shape index (κ2) is 5.96. The molecule has 2 rings (SSSR count). The zero-order chi connectivity index (χ0) is 13.0. The molecule has 1 aliphatic heterocycles. The smallest absolute Gasteiger partial charge is 0.235 e. The second-order valence-corrected chi connectivity index (χ2v) is 5.08. The molecule has 1 saturated heterocycles. The van der Waals surface area contributed by atoms with Crippen LogP contribution < -0.4 is 5.32 Å². The molecule has 1 saturated carbocycles. The molecule has 1 aliphatic carbocycles. The Bertz CT molecular complexity index is 375. The van der Waals surface area contributed by atoms with Crippen LogP contribution >= 0.6 is 0 Å². The van der Waals surface area contributed by atoms with Crippen molar-refractivity contribution in [1.82, 2.24) is 10.2 Å². The number of carbonyl (C=O) groups excluding carboxylic acids is 2. The van der Waals surface area contributed by atoms with Crippen molar-refractivity contribution in [2.24, 2.45) is 5.92 Å². The largest absolute Gasteiger partial charge is 0.342 e. The Hall–Kier alpha value is -1.41. The fourth-order valence-corrected chi connectivity index (χ4v) is 3.13. The van der Waals surface area contributed by atoms with Crippen LogP contribution in [0.3, 0.4) is 0 Å². The van der Waals surface area contributed by atoms with E-state index in [9.17, 15) is 9.59 Å². The van der Waals surface area contributed by atoms with E-state index in [1.54, 1.807) is 0 Å². The highest BCUT2D eigenvalue weighted by Gasteiger charge is 2.38. The van der Waals surface area contributed by atoms with Crippen molar-refractivity contribution in [3.63, 3.8) is 0 Å². The summed E-state index contributed by atoms with van der Waals surface area (Å²) in [4.78, 5) is 25.5. The predicted octanol–water partition coefficient (Wildman–Crippen LogP) is 0.460. The van der Waals surface area contributed by atoms with Gasteiger partial charge in [0.25, 0.3) is 0 Å². The van der Waals surface area contributed by atoms with Crippen LogP contribution in [0.1, 0.15) is 32.1 Å². The van der Waals surface area contributed by atoms with E-state index >= 15 is 0 Å². The standard InChI is InChI=1S/C13H19N3O2/c14-6-7-15-13(18)9-16-8-2-4-11(16)10-3-1-5-12(10)17/h10-11H,1-5,7-9H2,(H,15,18). The van der Waals surface area contributed by atoms with E-state index in [0.717, 1.165) is 32.2 Å². The lowest BCUT2D eigenvalue weighted by Crippen LogP contribution is -2.43. The first-order chi connectivity index (χ1) is 8.72. The van der Waals surface area contributed by atoms with Gasteiger partial charge in [-0.05, 0) is 32.2 Å². The zero-order valence-corrected chi connectivity index (χ0v) is 10.5. The van der Waals surface area contributed by atoms with Gasteiger partial charge >= 0.3 is 0 Å². The number of carbonyl (C=O) groups is 2. The first-order valence-electron chi connectivity index (χ1n) is 6.63. The van der Waals surface area contributed by atoms with Crippen LogP contribution in [0.4, 0.5) is 0 Å². The minimum Gasteiger partial charge on any atom is -0.342 e. The summed E-state index contributed by atoms with van der Waals surface area (Å²) in [7, 11) is 0. The van der Waals surface area contributed by atoms with Gasteiger partial charge in [-0.25, -0.2) is 0 Å². The summed E-state index contributed by atoms with van der Waals surface area (Å²) in [5.74, 6) is 0.384. The average molecular weight is 249 g/mol. The topological polar surface area (TPSA) is 73.2 Å². The number of ketones is 1. The SMILES string of the molecule is N#CCNC(=O)CN1CCCC1C1CCCC1=O. The van der Waals surface area contributed by atoms with Crippen molar-refractivity contribution >= 4 is 11.7 Å². The number of amides is 1. The number of hydrogen-bond donors (Lipinski definition) is 1. The number of rotatable bonds is 4. The number of Topliss-reactive ketones (excluding diaryl/α,β-unsaturated/α-hetero) is 1. The maximum absolute atomic E-state index is 11.8. The molecule has 2 fully saturated rings. The van der Waals surface area contributed by atoms with E-state index in [2.05, 4.69) is 10.2 Å². The van der Waals surface area contributed by atoms with E-state index in [4.69, 9.17) is 5.26 Å². The van der Waals surface area contributed by atoms with Crippen LogP contribution in [-0.4, -0.2) is 42.3 Å². The van der Waals surface area contributed by atoms with Gasteiger partial charge in [0.1, 0.15) is 12.3 Å². The van der Waals surface area contributed by atoms with Gasteiger partial charge in [-0.2, -0.15) is 5.26 Å². The molecule has 0 bridgehead atoms. The Morgan fingerprint density at radius 2 is 2.28 bits per heavy atom. The molecule has 2 atom stereocenters. The predicted molar refractivity (Wildman–Crippen MR) is 65.6 cm³/mol. The quantitative estimate of drug-likeness (QED) is 0.735. The van der Waals surface area contributed by atoms with Crippen LogP contribution in [0.2, 0.25) is 0 Å². The summed E-state index contributed by atoms with van der Waals surface area (Å²) in [5, 5.41) is 11.0. The monoisotopic (exact) mass is 249 g/mol. The van der Waals surface area contributed by atoms with E-state index in [1.165, 1.54) is 0 Å². The summed E-state index contributed by atoms with van der Waals surface area (Å²) in [6.07, 6.45) is 4.74. The van der Waals surface area contributed by atoms with Crippen molar-refractivity contribution < 1.29 is 9.59 Å². The lowest BCUT2D eigenvalue weighted by molar-refractivity contribution is -0.125. The van der Waals surface area contributed by atoms with Gasteiger partial charge in [-0.1, -0.05) is 0 Å². The number of nitrogens with zero attached hydrogens (tertiary/aromatic N) is 2. The summed E-state index contributed by atoms with van der Waals surface area (Å²) < 4.78 is 0. The highest BCUT2D eigenvalue weighted by atomic mass is 16.2. The Kier molecular flexibility index (Phi) is 4.32. The van der Waals surface area contributed by atoms with Crippen LogP contribution in [0, 0.1) is 17.2 Å². The van der Waals surface area contributed by atoms with Crippen molar-refractivity contribution in [2.75, 3.05) is 19.6 Å². The lowest BCUT2D eigenvalue weighted by atomic mass is 9.95. The van der Waals surface area contributed by atoms with Gasteiger partial charge in [0.15, 0.2) is 0 Å². The minimum absolute atomic E-state index is 0.0553. The molecular weight excluding hydrogens is 230 g/mol. The zero-order valence-electron chi connectivity index (χ0n) is 10.5. The number of hydrogen-bond acceptors (Lipinski definition) is 4. The summed E-state index contributed by atoms with van der Waals surface area (Å²) in [6.45, 7) is 1.25. The van der Waals surface area contributed by atoms with Crippen LogP contribution in [0.15, 0.2) is 0 Å². The van der Waals surface area contributed by atoms with Crippen molar-refractivity contribution in [2.45, 2.75) is 38.1 Å². The minimum atomic E-state index is -0.117. The molecule has 98 valence electrons. The van der Waals surface area contributed by atoms with Gasteiger partial charge in [0.05, 0.1) is 12.6 Å². The van der Waals surface area contributed by atoms with Gasteiger partial charge < -0.3 is 5.32 Å². The number of likely N-dealkylation sites (tertiary alicyclic amines) is 1. The Balaban J connectivity index is 1.89. The molecule has 0 radical (unpaired) electrons. The van der Waals surface area contributed by atoms with E-state index in [0.29, 0.717) is 18.7 Å². The molecule has 0 spiro atoms. The third-order valence-electron chi connectivity index (χ3n) is 3.94. The lowest BCUT2D eigenvalue weighted by Gasteiger charge is -2.27. The van der Waals surface area contributed by atoms with Crippen molar-refractivity contribution in [3.8, 4) is 6.07 Å². The third kappa shape index (κ3) is 2.88. The molecule has 1 heterocycles. The third-order valence-corrected chi connectivity index (χ3v) is 3.94. The van der Waals surface area contributed by atoms with Crippen molar-refractivity contribution in [3.05, 3.63) is 0 Å². The molecule has 0 aromatic heterocycles. The van der Waals surface area contributed by atoms with Crippen molar-refractivity contribution in [1.29, 1.82) is 5.26 Å². The fourth-order valence-electron chi connectivity index (χ4n) is 3.13. The average Bonchev–Trinajstić information content (AvgIpc) is 2.95. The summed E-state index contributed by atoms with van der Waals surface area (Å²) >= 11 is 0. The second-order valence-electron chi connectivity index (χ2n) is 5.08. The van der Waals surface area contributed by atoms with Crippen LogP contribution in [0.25, 0.3) is 0 Å². The van der Waals surface area contributed by atoms with E-state index in [1.807, 2.05) is 6.07 Å². The van der Waals surface area contributed by atoms with E-state index < -0.39 is 0 Å². The molecule has 5 nitrogen and oxygen atoms in total. The van der Waals surface area contributed by atoms with Crippen LogP contribution in [-0.2, 0) is 9.59 Å². The maximum atomic E-state index is 11.8. The van der Waals surface area contributed by atoms with Gasteiger partial charge in [-0.15, -0.1) is 0 Å². The molecule has 0 aromatic carbocycles. The van der Waals surface area contributed by atoms with Gasteiger partial charge in [-0.3, -0.25) is 14.5 Å². The molecule has 1 amide bonds. The first kappa shape index (κ1) is 13.0. The number of nitrogens with one attached hydrogen (secondary N) is 1. The van der Waals surface area contributed by atoms with E-state index in [-0.39, 0.29) is 24.4 Å². The summed E-state index contributed by atoms with van der Waals surface area (Å²) in [5.41, 5.74) is 0. The highest BCUT2D eigenvalue weighted by molar-refractivity contribution is 5.84. The Labute approximate surface area is 107 Å². The molecule has 2 unspecified atom stereocenters. The Morgan fingerprint density at radius 3 is 2.94 bits per heavy atom. The van der Waals surface area contributed by atoms with Gasteiger partial charge in [0.2, 0.25) is 5.91 Å². The molecule has 0 aromatic rings. The summed E-state index contributed by atoms with van der Waals surface area (Å²) in [6, 6.07) is 2.14. The molecule has 1 N–H and O–H groups in total. The van der Waals surface area contributed by atoms with Crippen LogP contribution in [0.5, 0.6) is 0 Å². The molecule has 18 heavy (non-hydrogen) atoms. The molecule has 5 heteroatoms. The fraction of sp³-hybridized carbons (Fsp3) is 0.769. The highest BCUT2D eigenvalue weighted by Crippen LogP contribution is 2.32. The molecular formula is C13H19N3O2. The normalized spacial score (nSPS) is 28.3. The maximum Gasteiger partial charge on any atom is 0.235 e.